The number of alkyl halides is 12. The molecule has 2 aliphatic rings. The molecule has 0 aliphatic carbocycles. The molecular weight excluding hydrogens is 1340 g/mol. The van der Waals surface area contributed by atoms with Gasteiger partial charge in [0.25, 0.3) is 0 Å². The summed E-state index contributed by atoms with van der Waals surface area (Å²) in [6, 6.07) is 36.9. The Hall–Kier alpha value is -9.81. The zero-order valence-corrected chi connectivity index (χ0v) is 52.2. The first kappa shape index (κ1) is 77.5. The number of benzene rings is 6. The van der Waals surface area contributed by atoms with E-state index in [1.165, 1.54) is 34.5 Å². The minimum Gasteiger partial charge on any atom is -0.445 e. The molecule has 2 aliphatic heterocycles. The maximum Gasteiger partial charge on any atom is 0.416 e. The number of hydrogen-bond acceptors (Lipinski definition) is 12. The van der Waals surface area contributed by atoms with Gasteiger partial charge in [0.05, 0.1) is 84.0 Å². The van der Waals surface area contributed by atoms with Crippen molar-refractivity contribution in [1.82, 2.24) is 39.3 Å². The number of rotatable bonds is 19. The SMILES string of the molecule is C.C.C=CC(=O)[C@]1(n2cn[nH]c2=O)CC[C@@](CO[C@H](C)c2cc(C(F)(F)F)cc(C(F)(F)F)c2)(c2ccccc2)N(C(=O)OCc2ccccc2)C1.C[C@@H](OC[C@@]1(c2ccccc2)CC[C@](CO)(n2cn[nH]c2=O)CN1C(=O)OCc1ccccc1)c1cc(C(F)(F)F)cc(C(F)(F)F)c1. The molecule has 2 fully saturated rings. The van der Waals surface area contributed by atoms with Crippen LogP contribution in [0.3, 0.4) is 0 Å². The molecule has 100 heavy (non-hydrogen) atoms. The fourth-order valence-electron chi connectivity index (χ4n) is 12.2. The number of aromatic nitrogens is 6. The molecule has 536 valence electrons. The number of carbonyl (C=O) groups excluding carboxylic acids is 3. The van der Waals surface area contributed by atoms with Gasteiger partial charge < -0.3 is 24.1 Å². The lowest BCUT2D eigenvalue weighted by Gasteiger charge is -2.53. The molecule has 2 amide bonds. The summed E-state index contributed by atoms with van der Waals surface area (Å²) >= 11 is 0. The lowest BCUT2D eigenvalue weighted by atomic mass is 9.73. The lowest BCUT2D eigenvalue weighted by Crippen LogP contribution is -2.65. The van der Waals surface area contributed by atoms with Crippen molar-refractivity contribution in [2.45, 2.75) is 127 Å². The quantitative estimate of drug-likeness (QED) is 0.0509. The summed E-state index contributed by atoms with van der Waals surface area (Å²) in [5.74, 6) is -0.610. The summed E-state index contributed by atoms with van der Waals surface area (Å²) in [4.78, 5) is 69.9. The van der Waals surface area contributed by atoms with Crippen molar-refractivity contribution in [3.05, 3.63) is 260 Å². The molecule has 18 nitrogen and oxygen atoms in total. The second kappa shape index (κ2) is 31.2. The number of ketones is 1. The number of aromatic amines is 2. The number of allylic oxidation sites excluding steroid dienone is 1. The van der Waals surface area contributed by atoms with Crippen molar-refractivity contribution in [2.24, 2.45) is 0 Å². The second-order valence-electron chi connectivity index (χ2n) is 23.7. The van der Waals surface area contributed by atoms with E-state index in [0.29, 0.717) is 46.5 Å². The van der Waals surface area contributed by atoms with Crippen LogP contribution >= 0.6 is 0 Å². The Labute approximate surface area is 565 Å². The van der Waals surface area contributed by atoms with Gasteiger partial charge in [-0.25, -0.2) is 29.4 Å². The Morgan fingerprint density at radius 1 is 0.530 bits per heavy atom. The first-order chi connectivity index (χ1) is 46.3. The summed E-state index contributed by atoms with van der Waals surface area (Å²) in [5, 5.41) is 22.7. The Morgan fingerprint density at radius 3 is 1.22 bits per heavy atom. The van der Waals surface area contributed by atoms with E-state index >= 15 is 0 Å². The van der Waals surface area contributed by atoms with Crippen LogP contribution in [-0.4, -0.2) is 95.3 Å². The standard InChI is InChI=1S/C35H32F6N4O5.C33H32F6N4O5.2CH4/c1-3-29(46)32(45-22-42-43-30(45)47)14-15-33(26-12-8-5-9-13-26,44(20-32)31(48)49-19-24-10-6-4-7-11-24)21-50-23(2)25-16-27(34(36,37)38)18-28(17-25)35(39,40)41;1-22(24-14-26(32(34,35)36)16-27(15-24)33(37,38)39)48-20-31(25-10-6-3-7-11-25)13-12-30(19-44,43-21-40-41-28(43)45)18-42(31)29(46)47-17-23-8-4-2-5-9-23;;/h3-13,16-18,22-23H,1,14-15,19-21H2,2H3,(H,43,47);2-11,14-16,21-22,44H,12-13,17-20H2,1H3,(H,41,45);2*1H4/t23-,32+,33-;22-,30+,31-;;/m11../s1. The van der Waals surface area contributed by atoms with Gasteiger partial charge in [0.1, 0.15) is 31.4 Å². The van der Waals surface area contributed by atoms with E-state index < -0.39 is 143 Å². The van der Waals surface area contributed by atoms with Crippen LogP contribution in [0.1, 0.15) is 122 Å². The molecule has 0 radical (unpaired) electrons. The van der Waals surface area contributed by atoms with E-state index in [4.69, 9.17) is 18.9 Å². The maximum atomic E-state index is 14.2. The van der Waals surface area contributed by atoms with Gasteiger partial charge in [-0.1, -0.05) is 143 Å². The molecule has 6 aromatic carbocycles. The minimum atomic E-state index is -5.07. The third-order valence-electron chi connectivity index (χ3n) is 17.7. The molecule has 0 spiro atoms. The highest BCUT2D eigenvalue weighted by atomic mass is 19.4. The average Bonchev–Trinajstić information content (AvgIpc) is 1.04. The molecule has 10 rings (SSSR count). The molecule has 0 saturated carbocycles. The van der Waals surface area contributed by atoms with E-state index in [9.17, 15) is 81.8 Å². The van der Waals surface area contributed by atoms with Gasteiger partial charge in [-0.05, 0) is 115 Å². The molecule has 4 heterocycles. The third-order valence-corrected chi connectivity index (χ3v) is 17.7. The number of H-pyrrole nitrogens is 2. The normalized spacial score (nSPS) is 20.1. The lowest BCUT2D eigenvalue weighted by molar-refractivity contribution is -0.145. The molecule has 0 bridgehead atoms. The topological polar surface area (TPSA) is 216 Å². The average molecular weight is 1410 g/mol. The van der Waals surface area contributed by atoms with Crippen molar-refractivity contribution in [3.8, 4) is 0 Å². The van der Waals surface area contributed by atoms with Crippen molar-refractivity contribution >= 4 is 18.0 Å². The van der Waals surface area contributed by atoms with Crippen molar-refractivity contribution < 1.29 is 91.1 Å². The molecule has 2 aromatic heterocycles. The van der Waals surface area contributed by atoms with Crippen molar-refractivity contribution in [1.29, 1.82) is 0 Å². The van der Waals surface area contributed by atoms with E-state index in [0.717, 1.165) is 17.0 Å². The van der Waals surface area contributed by atoms with E-state index in [1.54, 1.807) is 121 Å². The molecular formula is C70H72F12N8O10. The second-order valence-corrected chi connectivity index (χ2v) is 23.7. The van der Waals surface area contributed by atoms with Gasteiger partial charge in [0.15, 0.2) is 5.78 Å². The molecule has 3 N–H and O–H groups in total. The summed E-state index contributed by atoms with van der Waals surface area (Å²) in [6.45, 7) is 3.71. The molecule has 0 unspecified atom stereocenters. The molecule has 2 saturated heterocycles. The number of aliphatic hydroxyl groups is 1. The third kappa shape index (κ3) is 16.9. The van der Waals surface area contributed by atoms with Crippen LogP contribution < -0.4 is 11.4 Å². The monoisotopic (exact) mass is 1410 g/mol. The Balaban J connectivity index is 0.000000276. The van der Waals surface area contributed by atoms with Crippen molar-refractivity contribution in [2.75, 3.05) is 32.9 Å². The number of halogens is 12. The van der Waals surface area contributed by atoms with E-state index in [2.05, 4.69) is 27.0 Å². The molecule has 6 atom stereocenters. The number of likely N-dealkylation sites (tertiary alicyclic amines) is 2. The highest BCUT2D eigenvalue weighted by molar-refractivity contribution is 5.96. The number of amides is 2. The van der Waals surface area contributed by atoms with Gasteiger partial charge in [-0.15, -0.1) is 0 Å². The number of nitrogens with zero attached hydrogens (tertiary/aromatic N) is 6. The summed E-state index contributed by atoms with van der Waals surface area (Å²) in [6.07, 6.45) is -21.3. The largest absolute Gasteiger partial charge is 0.445 e. The number of nitrogens with one attached hydrogen (secondary N) is 2. The van der Waals surface area contributed by atoms with Crippen LogP contribution in [0, 0.1) is 0 Å². The first-order valence-corrected chi connectivity index (χ1v) is 30.2. The zero-order valence-electron chi connectivity index (χ0n) is 52.2. The Bertz CT molecular complexity index is 4120. The summed E-state index contributed by atoms with van der Waals surface area (Å²) in [7, 11) is 0. The first-order valence-electron chi connectivity index (χ1n) is 30.2. The van der Waals surface area contributed by atoms with Gasteiger partial charge >= 0.3 is 48.3 Å². The van der Waals surface area contributed by atoms with Gasteiger partial charge in [-0.2, -0.15) is 62.9 Å². The van der Waals surface area contributed by atoms with E-state index in [-0.39, 0.29) is 78.0 Å². The van der Waals surface area contributed by atoms with Gasteiger partial charge in [0.2, 0.25) is 0 Å². The van der Waals surface area contributed by atoms with Gasteiger partial charge in [0, 0.05) is 0 Å². The van der Waals surface area contributed by atoms with Crippen LogP contribution in [0.15, 0.2) is 193 Å². The smallest absolute Gasteiger partial charge is 0.416 e. The number of carbonyl (C=O) groups is 3. The number of aliphatic hydroxyl groups excluding tert-OH is 1. The molecule has 30 heteroatoms. The van der Waals surface area contributed by atoms with Crippen LogP contribution in [0.5, 0.6) is 0 Å². The number of ether oxygens (including phenoxy) is 4. The fraction of sp³-hybridized carbons (Fsp3) is 0.357. The summed E-state index contributed by atoms with van der Waals surface area (Å²) < 4.78 is 190. The predicted octanol–water partition coefficient (Wildman–Crippen LogP) is 14.8. The van der Waals surface area contributed by atoms with Gasteiger partial charge in [-0.3, -0.25) is 23.7 Å². The van der Waals surface area contributed by atoms with Crippen LogP contribution in [0.2, 0.25) is 0 Å². The minimum absolute atomic E-state index is 0. The highest BCUT2D eigenvalue weighted by Crippen LogP contribution is 2.48. The zero-order chi connectivity index (χ0) is 71.1. The highest BCUT2D eigenvalue weighted by Gasteiger charge is 2.57. The Kier molecular flexibility index (Phi) is 24.2. The molecule has 8 aromatic rings. The number of piperidine rings is 2. The van der Waals surface area contributed by atoms with Crippen LogP contribution in [0.4, 0.5) is 62.3 Å². The number of hydrogen-bond donors (Lipinski definition) is 3. The van der Waals surface area contributed by atoms with E-state index in [1.807, 2.05) is 0 Å². The van der Waals surface area contributed by atoms with Crippen molar-refractivity contribution in [3.63, 3.8) is 0 Å². The predicted molar refractivity (Wildman–Crippen MR) is 340 cm³/mol. The summed E-state index contributed by atoms with van der Waals surface area (Å²) in [5.41, 5.74) is -11.8. The van der Waals surface area contributed by atoms with Crippen LogP contribution in [-0.2, 0) is 83.8 Å². The van der Waals surface area contributed by atoms with Crippen LogP contribution in [0.25, 0.3) is 0 Å². The Morgan fingerprint density at radius 2 is 0.880 bits per heavy atom. The fourth-order valence-corrected chi connectivity index (χ4v) is 12.2. The maximum absolute atomic E-state index is 14.2.